The van der Waals surface area contributed by atoms with Crippen molar-refractivity contribution in [2.24, 2.45) is 0 Å². The predicted molar refractivity (Wildman–Crippen MR) is 65.2 cm³/mol. The van der Waals surface area contributed by atoms with E-state index in [2.05, 4.69) is 6.07 Å². The molecule has 1 fully saturated rings. The van der Waals surface area contributed by atoms with Crippen LogP contribution in [0.2, 0.25) is 0 Å². The van der Waals surface area contributed by atoms with Crippen LogP contribution in [0, 0.1) is 11.3 Å². The average molecular weight is 232 g/mol. The van der Waals surface area contributed by atoms with E-state index >= 15 is 0 Å². The van der Waals surface area contributed by atoms with Gasteiger partial charge in [-0.15, -0.1) is 0 Å². The van der Waals surface area contributed by atoms with Crippen molar-refractivity contribution in [3.8, 4) is 11.8 Å². The standard InChI is InChI=1S/C13H16N2O2/c1-13(16)5-6-15(9-13)12-7-11(17-2)4-3-10(12)8-14/h3-4,7,16H,5-6,9H2,1-2H3. The third kappa shape index (κ3) is 2.34. The Labute approximate surface area is 101 Å². The van der Waals surface area contributed by atoms with E-state index in [1.165, 1.54) is 0 Å². The van der Waals surface area contributed by atoms with Gasteiger partial charge in [-0.25, -0.2) is 0 Å². The predicted octanol–water partition coefficient (Wildman–Crippen LogP) is 1.53. The molecule has 0 radical (unpaired) electrons. The monoisotopic (exact) mass is 232 g/mol. The van der Waals surface area contributed by atoms with Crippen molar-refractivity contribution in [2.45, 2.75) is 18.9 Å². The van der Waals surface area contributed by atoms with E-state index in [-0.39, 0.29) is 0 Å². The highest BCUT2D eigenvalue weighted by atomic mass is 16.5. The van der Waals surface area contributed by atoms with Crippen LogP contribution < -0.4 is 9.64 Å². The fraction of sp³-hybridized carbons (Fsp3) is 0.462. The molecule has 90 valence electrons. The Balaban J connectivity index is 2.34. The Hall–Kier alpha value is -1.73. The summed E-state index contributed by atoms with van der Waals surface area (Å²) in [6.45, 7) is 3.13. The van der Waals surface area contributed by atoms with Gasteiger partial charge in [-0.2, -0.15) is 5.26 Å². The van der Waals surface area contributed by atoms with E-state index in [1.807, 2.05) is 17.9 Å². The molecule has 0 amide bonds. The van der Waals surface area contributed by atoms with Crippen molar-refractivity contribution in [1.82, 2.24) is 0 Å². The molecule has 1 aromatic carbocycles. The van der Waals surface area contributed by atoms with Crippen LogP contribution in [0.15, 0.2) is 18.2 Å². The molecule has 2 rings (SSSR count). The Kier molecular flexibility index (Phi) is 2.95. The summed E-state index contributed by atoms with van der Waals surface area (Å²) in [5.74, 6) is 0.727. The van der Waals surface area contributed by atoms with Gasteiger partial charge in [0.2, 0.25) is 0 Å². The average Bonchev–Trinajstić information content (AvgIpc) is 2.68. The third-order valence-electron chi connectivity index (χ3n) is 3.12. The molecular formula is C13H16N2O2. The molecule has 0 saturated carbocycles. The van der Waals surface area contributed by atoms with Crippen molar-refractivity contribution in [1.29, 1.82) is 5.26 Å². The van der Waals surface area contributed by atoms with Gasteiger partial charge in [0.05, 0.1) is 24.0 Å². The number of anilines is 1. The number of nitriles is 1. The first-order valence-corrected chi connectivity index (χ1v) is 5.61. The number of ether oxygens (including phenoxy) is 1. The van der Waals surface area contributed by atoms with Gasteiger partial charge in [-0.1, -0.05) is 0 Å². The second-order valence-corrected chi connectivity index (χ2v) is 4.66. The zero-order chi connectivity index (χ0) is 12.5. The van der Waals surface area contributed by atoms with Crippen LogP contribution in [0.5, 0.6) is 5.75 Å². The molecule has 0 bridgehead atoms. The van der Waals surface area contributed by atoms with Crippen LogP contribution >= 0.6 is 0 Å². The number of nitrogens with zero attached hydrogens (tertiary/aromatic N) is 2. The van der Waals surface area contributed by atoms with E-state index in [0.717, 1.165) is 24.4 Å². The zero-order valence-electron chi connectivity index (χ0n) is 10.1. The van der Waals surface area contributed by atoms with E-state index in [1.54, 1.807) is 19.2 Å². The molecule has 17 heavy (non-hydrogen) atoms. The first kappa shape index (κ1) is 11.7. The van der Waals surface area contributed by atoms with Crippen LogP contribution in [0.4, 0.5) is 5.69 Å². The number of aliphatic hydroxyl groups is 1. The summed E-state index contributed by atoms with van der Waals surface area (Å²) in [7, 11) is 1.60. The normalized spacial score (nSPS) is 23.5. The summed E-state index contributed by atoms with van der Waals surface area (Å²) in [6.07, 6.45) is 0.717. The number of hydrogen-bond donors (Lipinski definition) is 1. The number of methoxy groups -OCH3 is 1. The smallest absolute Gasteiger partial charge is 0.121 e. The molecule has 1 aliphatic rings. The Morgan fingerprint density at radius 2 is 2.29 bits per heavy atom. The van der Waals surface area contributed by atoms with Gasteiger partial charge in [0.15, 0.2) is 0 Å². The molecule has 1 N–H and O–H groups in total. The molecule has 1 saturated heterocycles. The number of rotatable bonds is 2. The summed E-state index contributed by atoms with van der Waals surface area (Å²) in [6, 6.07) is 7.54. The van der Waals surface area contributed by atoms with E-state index in [9.17, 15) is 5.11 Å². The molecule has 4 heteroatoms. The Bertz CT molecular complexity index is 463. The molecule has 0 aliphatic carbocycles. The molecule has 1 unspecified atom stereocenters. The van der Waals surface area contributed by atoms with Crippen molar-refractivity contribution in [3.05, 3.63) is 23.8 Å². The summed E-state index contributed by atoms with van der Waals surface area (Å²) in [5, 5.41) is 19.1. The number of hydrogen-bond acceptors (Lipinski definition) is 4. The summed E-state index contributed by atoms with van der Waals surface area (Å²) < 4.78 is 5.17. The highest BCUT2D eigenvalue weighted by Crippen LogP contribution is 2.31. The largest absolute Gasteiger partial charge is 0.497 e. The number of benzene rings is 1. The third-order valence-corrected chi connectivity index (χ3v) is 3.12. The quantitative estimate of drug-likeness (QED) is 0.840. The fourth-order valence-electron chi connectivity index (χ4n) is 2.15. The van der Waals surface area contributed by atoms with Crippen molar-refractivity contribution >= 4 is 5.69 Å². The van der Waals surface area contributed by atoms with Crippen LogP contribution in [-0.4, -0.2) is 30.9 Å². The fourth-order valence-corrected chi connectivity index (χ4v) is 2.15. The minimum absolute atomic E-state index is 0.550. The van der Waals surface area contributed by atoms with Gasteiger partial charge in [-0.3, -0.25) is 0 Å². The van der Waals surface area contributed by atoms with Gasteiger partial charge >= 0.3 is 0 Å². The Morgan fingerprint density at radius 1 is 1.53 bits per heavy atom. The van der Waals surface area contributed by atoms with Gasteiger partial charge in [0.1, 0.15) is 11.8 Å². The molecule has 1 atom stereocenters. The lowest BCUT2D eigenvalue weighted by Gasteiger charge is -2.22. The highest BCUT2D eigenvalue weighted by Gasteiger charge is 2.32. The van der Waals surface area contributed by atoms with Crippen LogP contribution in [0.25, 0.3) is 0 Å². The minimum Gasteiger partial charge on any atom is -0.497 e. The molecular weight excluding hydrogens is 216 g/mol. The summed E-state index contributed by atoms with van der Waals surface area (Å²) in [5.41, 5.74) is 0.781. The lowest BCUT2D eigenvalue weighted by Crippen LogP contribution is -2.29. The first-order valence-electron chi connectivity index (χ1n) is 5.61. The maximum atomic E-state index is 9.96. The van der Waals surface area contributed by atoms with E-state index in [0.29, 0.717) is 12.1 Å². The number of β-amino-alcohol motifs (C(OH)–C–C–N with tert-alkyl or cyclic N) is 1. The van der Waals surface area contributed by atoms with Gasteiger partial charge < -0.3 is 14.7 Å². The topological polar surface area (TPSA) is 56.5 Å². The Morgan fingerprint density at radius 3 is 2.82 bits per heavy atom. The van der Waals surface area contributed by atoms with E-state index in [4.69, 9.17) is 10.00 Å². The van der Waals surface area contributed by atoms with Gasteiger partial charge in [-0.05, 0) is 25.5 Å². The molecule has 4 nitrogen and oxygen atoms in total. The second kappa shape index (κ2) is 4.27. The zero-order valence-corrected chi connectivity index (χ0v) is 10.1. The lowest BCUT2D eigenvalue weighted by molar-refractivity contribution is 0.0839. The summed E-state index contributed by atoms with van der Waals surface area (Å²) in [4.78, 5) is 2.03. The molecule has 1 aliphatic heterocycles. The molecule has 0 spiro atoms. The van der Waals surface area contributed by atoms with Crippen LogP contribution in [0.1, 0.15) is 18.9 Å². The molecule has 1 aromatic rings. The van der Waals surface area contributed by atoms with Crippen molar-refractivity contribution < 1.29 is 9.84 Å². The van der Waals surface area contributed by atoms with E-state index < -0.39 is 5.60 Å². The highest BCUT2D eigenvalue weighted by molar-refractivity contribution is 5.63. The minimum atomic E-state index is -0.671. The lowest BCUT2D eigenvalue weighted by atomic mass is 10.1. The van der Waals surface area contributed by atoms with Gasteiger partial charge in [0.25, 0.3) is 0 Å². The van der Waals surface area contributed by atoms with Crippen molar-refractivity contribution in [2.75, 3.05) is 25.1 Å². The van der Waals surface area contributed by atoms with Crippen molar-refractivity contribution in [3.63, 3.8) is 0 Å². The van der Waals surface area contributed by atoms with Crippen LogP contribution in [0.3, 0.4) is 0 Å². The summed E-state index contributed by atoms with van der Waals surface area (Å²) >= 11 is 0. The molecule has 0 aromatic heterocycles. The maximum absolute atomic E-state index is 9.96. The van der Waals surface area contributed by atoms with Gasteiger partial charge in [0, 0.05) is 19.2 Å². The second-order valence-electron chi connectivity index (χ2n) is 4.66. The SMILES string of the molecule is COc1ccc(C#N)c(N2CCC(C)(O)C2)c1. The molecule has 1 heterocycles. The first-order chi connectivity index (χ1) is 8.05. The van der Waals surface area contributed by atoms with Crippen LogP contribution in [-0.2, 0) is 0 Å². The maximum Gasteiger partial charge on any atom is 0.121 e.